The SMILES string of the molecule is CCOc1ccccc1N(CC(=O)N(Cc1c(Cl)cccc1Cl)[C@@H](Cc1ccccc1)C(=O)N[C@@H](C)CC)S(=O)(=O)c1ccc(C)cc1. The van der Waals surface area contributed by atoms with Crippen molar-refractivity contribution >= 4 is 50.7 Å². The molecule has 0 heterocycles. The van der Waals surface area contributed by atoms with Crippen LogP contribution in [0.3, 0.4) is 0 Å². The van der Waals surface area contributed by atoms with Crippen LogP contribution in [0.4, 0.5) is 5.69 Å². The minimum absolute atomic E-state index is 0.00301. The molecule has 254 valence electrons. The fourth-order valence-electron chi connectivity index (χ4n) is 5.14. The number of ether oxygens (including phenoxy) is 1. The van der Waals surface area contributed by atoms with Crippen molar-refractivity contribution in [3.05, 3.63) is 124 Å². The molecule has 11 heteroatoms. The average molecular weight is 711 g/mol. The summed E-state index contributed by atoms with van der Waals surface area (Å²) in [4.78, 5) is 30.2. The number of aryl methyl sites for hydroxylation is 1. The lowest BCUT2D eigenvalue weighted by Crippen LogP contribution is -2.54. The van der Waals surface area contributed by atoms with Gasteiger partial charge in [0.1, 0.15) is 18.3 Å². The van der Waals surface area contributed by atoms with Crippen LogP contribution in [-0.4, -0.2) is 50.4 Å². The topological polar surface area (TPSA) is 96.0 Å². The van der Waals surface area contributed by atoms with E-state index in [0.717, 1.165) is 15.4 Å². The highest BCUT2D eigenvalue weighted by molar-refractivity contribution is 7.92. The van der Waals surface area contributed by atoms with Crippen molar-refractivity contribution in [2.45, 2.75) is 64.1 Å². The first kappa shape index (κ1) is 36.8. The highest BCUT2D eigenvalue weighted by atomic mass is 35.5. The normalized spacial score (nSPS) is 12.5. The van der Waals surface area contributed by atoms with Crippen LogP contribution in [0.25, 0.3) is 0 Å². The predicted molar refractivity (Wildman–Crippen MR) is 192 cm³/mol. The van der Waals surface area contributed by atoms with Crippen molar-refractivity contribution < 1.29 is 22.7 Å². The minimum atomic E-state index is -4.30. The molecule has 0 unspecified atom stereocenters. The Balaban J connectivity index is 1.88. The van der Waals surface area contributed by atoms with Crippen LogP contribution in [0.15, 0.2) is 102 Å². The molecule has 0 aliphatic rings. The first-order valence-electron chi connectivity index (χ1n) is 15.8. The summed E-state index contributed by atoms with van der Waals surface area (Å²) in [5.41, 5.74) is 2.32. The van der Waals surface area contributed by atoms with Crippen molar-refractivity contribution in [1.29, 1.82) is 0 Å². The second-order valence-electron chi connectivity index (χ2n) is 11.5. The van der Waals surface area contributed by atoms with Crippen LogP contribution in [0.2, 0.25) is 10.0 Å². The molecule has 0 radical (unpaired) electrons. The number of hydrogen-bond acceptors (Lipinski definition) is 5. The maximum Gasteiger partial charge on any atom is 0.264 e. The Morgan fingerprint density at radius 3 is 2.10 bits per heavy atom. The fraction of sp³-hybridized carbons (Fsp3) is 0.297. The monoisotopic (exact) mass is 709 g/mol. The van der Waals surface area contributed by atoms with Gasteiger partial charge in [-0.3, -0.25) is 13.9 Å². The van der Waals surface area contributed by atoms with Crippen LogP contribution in [0.1, 0.15) is 43.9 Å². The summed E-state index contributed by atoms with van der Waals surface area (Å²) in [6.07, 6.45) is 0.835. The number of rotatable bonds is 15. The Bertz CT molecular complexity index is 1780. The summed E-state index contributed by atoms with van der Waals surface area (Å²) >= 11 is 13.2. The smallest absolute Gasteiger partial charge is 0.264 e. The maximum absolute atomic E-state index is 14.8. The zero-order chi connectivity index (χ0) is 34.8. The Kier molecular flexibility index (Phi) is 12.9. The zero-order valence-electron chi connectivity index (χ0n) is 27.5. The fourth-order valence-corrected chi connectivity index (χ4v) is 7.08. The number of hydrogen-bond donors (Lipinski definition) is 1. The molecule has 0 bridgehead atoms. The number of para-hydroxylation sites is 2. The standard InChI is InChI=1S/C37H41Cl2N3O5S/c1-5-27(4)40-37(44)34(23-28-13-8-7-9-14-28)41(24-30-31(38)15-12-16-32(30)39)36(43)25-42(33-17-10-11-18-35(33)47-6-2)48(45,46)29-21-19-26(3)20-22-29/h7-22,27,34H,5-6,23-25H2,1-4H3,(H,40,44)/t27-,34-/m0/s1. The Labute approximate surface area is 293 Å². The molecule has 0 aliphatic carbocycles. The van der Waals surface area contributed by atoms with Gasteiger partial charge < -0.3 is 15.0 Å². The molecule has 0 saturated heterocycles. The second kappa shape index (κ2) is 16.9. The number of halogens is 2. The lowest BCUT2D eigenvalue weighted by atomic mass is 10.0. The Morgan fingerprint density at radius 2 is 1.48 bits per heavy atom. The van der Waals surface area contributed by atoms with E-state index in [1.54, 1.807) is 61.5 Å². The number of nitrogens with one attached hydrogen (secondary N) is 1. The summed E-state index contributed by atoms with van der Waals surface area (Å²) in [5, 5.41) is 3.65. The van der Waals surface area contributed by atoms with Crippen molar-refractivity contribution in [2.24, 2.45) is 0 Å². The maximum atomic E-state index is 14.8. The molecule has 4 rings (SSSR count). The zero-order valence-corrected chi connectivity index (χ0v) is 29.9. The molecule has 0 saturated carbocycles. The van der Waals surface area contributed by atoms with Gasteiger partial charge in [-0.15, -0.1) is 0 Å². The number of nitrogens with zero attached hydrogens (tertiary/aromatic N) is 2. The van der Waals surface area contributed by atoms with Gasteiger partial charge in [-0.1, -0.05) is 96.4 Å². The molecule has 8 nitrogen and oxygen atoms in total. The van der Waals surface area contributed by atoms with Crippen LogP contribution in [-0.2, 0) is 32.6 Å². The van der Waals surface area contributed by atoms with Gasteiger partial charge in [0.05, 0.1) is 17.2 Å². The molecule has 1 N–H and O–H groups in total. The van der Waals surface area contributed by atoms with Crippen molar-refractivity contribution in [1.82, 2.24) is 10.2 Å². The van der Waals surface area contributed by atoms with Crippen molar-refractivity contribution in [2.75, 3.05) is 17.5 Å². The second-order valence-corrected chi connectivity index (χ2v) is 14.1. The van der Waals surface area contributed by atoms with Gasteiger partial charge in [0.15, 0.2) is 0 Å². The van der Waals surface area contributed by atoms with Crippen molar-refractivity contribution in [3.8, 4) is 5.75 Å². The van der Waals surface area contributed by atoms with E-state index >= 15 is 0 Å². The van der Waals surface area contributed by atoms with Crippen LogP contribution < -0.4 is 14.4 Å². The first-order chi connectivity index (χ1) is 23.0. The minimum Gasteiger partial charge on any atom is -0.492 e. The van der Waals surface area contributed by atoms with Crippen LogP contribution >= 0.6 is 23.2 Å². The van der Waals surface area contributed by atoms with E-state index in [-0.39, 0.29) is 42.1 Å². The van der Waals surface area contributed by atoms with E-state index in [4.69, 9.17) is 27.9 Å². The molecule has 0 fully saturated rings. The quantitative estimate of drug-likeness (QED) is 0.138. The van der Waals surface area contributed by atoms with E-state index in [1.165, 1.54) is 17.0 Å². The number of carbonyl (C=O) groups excluding carboxylic acids is 2. The molecule has 4 aromatic carbocycles. The summed E-state index contributed by atoms with van der Waals surface area (Å²) in [6.45, 7) is 6.98. The van der Waals surface area contributed by atoms with E-state index < -0.39 is 28.5 Å². The third-order valence-electron chi connectivity index (χ3n) is 7.98. The van der Waals surface area contributed by atoms with Gasteiger partial charge in [0.25, 0.3) is 10.0 Å². The molecule has 0 aromatic heterocycles. The Morgan fingerprint density at radius 1 is 0.854 bits per heavy atom. The van der Waals surface area contributed by atoms with E-state index in [0.29, 0.717) is 27.8 Å². The van der Waals surface area contributed by atoms with E-state index in [1.807, 2.05) is 51.1 Å². The summed E-state index contributed by atoms with van der Waals surface area (Å²) in [5.74, 6) is -0.722. The summed E-state index contributed by atoms with van der Waals surface area (Å²) in [7, 11) is -4.30. The van der Waals surface area contributed by atoms with Crippen molar-refractivity contribution in [3.63, 3.8) is 0 Å². The van der Waals surface area contributed by atoms with Gasteiger partial charge in [0, 0.05) is 34.6 Å². The molecular formula is C37H41Cl2N3O5S. The molecular weight excluding hydrogens is 669 g/mol. The van der Waals surface area contributed by atoms with Gasteiger partial charge in [0.2, 0.25) is 11.8 Å². The van der Waals surface area contributed by atoms with Gasteiger partial charge in [-0.2, -0.15) is 0 Å². The lowest BCUT2D eigenvalue weighted by molar-refractivity contribution is -0.140. The highest BCUT2D eigenvalue weighted by Crippen LogP contribution is 2.34. The summed E-state index contributed by atoms with van der Waals surface area (Å²) < 4.78 is 35.6. The largest absolute Gasteiger partial charge is 0.492 e. The average Bonchev–Trinajstić information content (AvgIpc) is 3.07. The number of benzene rings is 4. The molecule has 2 amide bonds. The van der Waals surface area contributed by atoms with Gasteiger partial charge in [-0.05, 0) is 69.2 Å². The van der Waals surface area contributed by atoms with Crippen LogP contribution in [0, 0.1) is 6.92 Å². The number of amides is 2. The molecule has 0 aliphatic heterocycles. The Hall–Kier alpha value is -4.05. The third kappa shape index (κ3) is 9.09. The first-order valence-corrected chi connectivity index (χ1v) is 18.0. The molecule has 4 aromatic rings. The number of anilines is 1. The molecule has 2 atom stereocenters. The van der Waals surface area contributed by atoms with E-state index in [9.17, 15) is 18.0 Å². The number of sulfonamides is 1. The predicted octanol–water partition coefficient (Wildman–Crippen LogP) is 7.45. The molecule has 48 heavy (non-hydrogen) atoms. The third-order valence-corrected chi connectivity index (χ3v) is 10.5. The van der Waals surface area contributed by atoms with Gasteiger partial charge in [-0.25, -0.2) is 8.42 Å². The van der Waals surface area contributed by atoms with E-state index in [2.05, 4.69) is 5.32 Å². The van der Waals surface area contributed by atoms with Crippen LogP contribution in [0.5, 0.6) is 5.75 Å². The summed E-state index contributed by atoms with van der Waals surface area (Å²) in [6, 6.07) is 26.2. The highest BCUT2D eigenvalue weighted by Gasteiger charge is 2.36. The lowest BCUT2D eigenvalue weighted by Gasteiger charge is -2.35. The van der Waals surface area contributed by atoms with Gasteiger partial charge >= 0.3 is 0 Å². The molecule has 0 spiro atoms. The number of carbonyl (C=O) groups is 2.